The number of nitrogens with zero attached hydrogens (tertiary/aromatic N) is 1. The summed E-state index contributed by atoms with van der Waals surface area (Å²) in [4.78, 5) is 29.2. The fourth-order valence-corrected chi connectivity index (χ4v) is 4.79. The SMILES string of the molecule is Cc1cc(C2=NOC(c3cc(Cl)c(Cl)c(C(F)(F)F)c3)(C(F)(F)F)C2)ccc1C(=O)NCC(=O)NC1(C(F)(F)F)CC1. The maximum Gasteiger partial charge on any atom is 0.435 e. The number of carbonyl (C=O) groups is 2. The summed E-state index contributed by atoms with van der Waals surface area (Å²) >= 11 is 11.3. The molecule has 0 saturated heterocycles. The van der Waals surface area contributed by atoms with Gasteiger partial charge in [0.25, 0.3) is 11.5 Å². The Hall–Kier alpha value is -3.20. The van der Waals surface area contributed by atoms with Gasteiger partial charge in [0, 0.05) is 17.5 Å². The third kappa shape index (κ3) is 5.85. The molecule has 1 heterocycles. The van der Waals surface area contributed by atoms with Gasteiger partial charge in [-0.1, -0.05) is 34.4 Å². The molecule has 1 saturated carbocycles. The number of hydrogen-bond acceptors (Lipinski definition) is 4. The van der Waals surface area contributed by atoms with Gasteiger partial charge in [-0.15, -0.1) is 0 Å². The highest BCUT2D eigenvalue weighted by atomic mass is 35.5. The average Bonchev–Trinajstić information content (AvgIpc) is 3.50. The molecule has 1 aliphatic carbocycles. The monoisotopic (exact) mass is 649 g/mol. The molecule has 42 heavy (non-hydrogen) atoms. The fraction of sp³-hybridized carbons (Fsp3) is 0.400. The van der Waals surface area contributed by atoms with E-state index in [-0.39, 0.29) is 41.3 Å². The number of halogens is 11. The first-order valence-corrected chi connectivity index (χ1v) is 12.6. The van der Waals surface area contributed by atoms with E-state index >= 15 is 0 Å². The van der Waals surface area contributed by atoms with Gasteiger partial charge < -0.3 is 15.5 Å². The minimum Gasteiger partial charge on any atom is -0.374 e. The number of hydrogen-bond donors (Lipinski definition) is 2. The standard InChI is InChI=1S/C25H18Cl2F9N3O3/c1-11-6-12(2-3-14(11)20(41)37-10-18(40)38-21(4-5-21)24(31,32)33)17-9-22(42-39-17,25(34,35)36)13-7-15(23(28,29)30)19(27)16(26)8-13/h2-3,6-8H,4-5,9-10H2,1H3,(H,37,41)(H,38,40). The van der Waals surface area contributed by atoms with Crippen molar-refractivity contribution in [2.75, 3.05) is 6.54 Å². The minimum absolute atomic E-state index is 0.0323. The number of nitrogens with one attached hydrogen (secondary N) is 2. The third-order valence-corrected chi connectivity index (χ3v) is 7.67. The van der Waals surface area contributed by atoms with E-state index in [0.29, 0.717) is 6.07 Å². The van der Waals surface area contributed by atoms with E-state index in [1.165, 1.54) is 25.1 Å². The summed E-state index contributed by atoms with van der Waals surface area (Å²) in [5, 5.41) is 5.73. The van der Waals surface area contributed by atoms with Gasteiger partial charge in [0.05, 0.1) is 27.9 Å². The van der Waals surface area contributed by atoms with Crippen molar-refractivity contribution in [1.29, 1.82) is 0 Å². The van der Waals surface area contributed by atoms with Crippen molar-refractivity contribution in [3.8, 4) is 0 Å². The van der Waals surface area contributed by atoms with E-state index in [9.17, 15) is 49.1 Å². The van der Waals surface area contributed by atoms with Crippen molar-refractivity contribution in [2.45, 2.75) is 55.9 Å². The van der Waals surface area contributed by atoms with Gasteiger partial charge in [-0.05, 0) is 55.2 Å². The Labute approximate surface area is 241 Å². The van der Waals surface area contributed by atoms with Crippen molar-refractivity contribution >= 4 is 40.7 Å². The lowest BCUT2D eigenvalue weighted by Gasteiger charge is -2.30. The quantitative estimate of drug-likeness (QED) is 0.336. The Bertz CT molecular complexity index is 1470. The second kappa shape index (κ2) is 10.5. The van der Waals surface area contributed by atoms with Crippen LogP contribution in [0.2, 0.25) is 10.0 Å². The smallest absolute Gasteiger partial charge is 0.374 e. The molecule has 1 fully saturated rings. The first kappa shape index (κ1) is 31.7. The molecule has 0 bridgehead atoms. The molecule has 2 aliphatic rings. The second-order valence-corrected chi connectivity index (χ2v) is 10.6. The first-order chi connectivity index (χ1) is 19.2. The van der Waals surface area contributed by atoms with Crippen LogP contribution in [-0.4, -0.2) is 42.0 Å². The minimum atomic E-state index is -5.26. The molecule has 1 atom stereocenters. The lowest BCUT2D eigenvalue weighted by atomic mass is 9.85. The zero-order valence-corrected chi connectivity index (χ0v) is 22.6. The zero-order chi connectivity index (χ0) is 31.5. The normalized spacial score (nSPS) is 20.0. The summed E-state index contributed by atoms with van der Waals surface area (Å²) in [5.74, 6) is -1.92. The number of rotatable bonds is 6. The van der Waals surface area contributed by atoms with E-state index in [4.69, 9.17) is 28.0 Å². The number of alkyl halides is 9. The molecule has 2 amide bonds. The van der Waals surface area contributed by atoms with Gasteiger partial charge in [0.1, 0.15) is 5.54 Å². The lowest BCUT2D eigenvalue weighted by molar-refractivity contribution is -0.276. The van der Waals surface area contributed by atoms with Crippen molar-refractivity contribution in [2.24, 2.45) is 5.16 Å². The number of oxime groups is 1. The summed E-state index contributed by atoms with van der Waals surface area (Å²) in [6, 6.07) is 4.42. The lowest BCUT2D eigenvalue weighted by Crippen LogP contribution is -2.50. The van der Waals surface area contributed by atoms with E-state index in [1.54, 1.807) is 0 Å². The number of benzene rings is 2. The van der Waals surface area contributed by atoms with Crippen LogP contribution in [0.15, 0.2) is 35.5 Å². The summed E-state index contributed by atoms with van der Waals surface area (Å²) in [5.41, 5.74) is -8.40. The fourth-order valence-electron chi connectivity index (χ4n) is 4.36. The summed E-state index contributed by atoms with van der Waals surface area (Å²) in [6.07, 6.45) is -16.7. The van der Waals surface area contributed by atoms with Crippen LogP contribution < -0.4 is 10.6 Å². The Morgan fingerprint density at radius 2 is 1.62 bits per heavy atom. The molecule has 6 nitrogen and oxygen atoms in total. The van der Waals surface area contributed by atoms with Gasteiger partial charge >= 0.3 is 18.5 Å². The van der Waals surface area contributed by atoms with Crippen LogP contribution in [0.25, 0.3) is 0 Å². The maximum absolute atomic E-state index is 14.3. The zero-order valence-electron chi connectivity index (χ0n) is 21.0. The van der Waals surface area contributed by atoms with Crippen molar-refractivity contribution in [3.05, 3.63) is 68.2 Å². The van der Waals surface area contributed by atoms with Gasteiger partial charge in [0.2, 0.25) is 5.91 Å². The molecule has 1 unspecified atom stereocenters. The Morgan fingerprint density at radius 1 is 0.976 bits per heavy atom. The molecule has 1 aliphatic heterocycles. The molecule has 2 aromatic carbocycles. The van der Waals surface area contributed by atoms with E-state index in [0.717, 1.165) is 0 Å². The van der Waals surface area contributed by atoms with Gasteiger partial charge in [0.15, 0.2) is 0 Å². The van der Waals surface area contributed by atoms with Crippen LogP contribution in [0.4, 0.5) is 39.5 Å². The van der Waals surface area contributed by atoms with Crippen LogP contribution in [0.5, 0.6) is 0 Å². The molecule has 2 N–H and O–H groups in total. The number of amides is 2. The molecule has 2 aromatic rings. The van der Waals surface area contributed by atoms with Crippen LogP contribution in [0, 0.1) is 6.92 Å². The van der Waals surface area contributed by atoms with Crippen LogP contribution in [0.1, 0.15) is 51.9 Å². The second-order valence-electron chi connectivity index (χ2n) is 9.79. The van der Waals surface area contributed by atoms with Gasteiger partial charge in [-0.25, -0.2) is 0 Å². The molecular weight excluding hydrogens is 632 g/mol. The summed E-state index contributed by atoms with van der Waals surface area (Å²) in [7, 11) is 0. The van der Waals surface area contributed by atoms with Crippen molar-refractivity contribution in [1.82, 2.24) is 10.6 Å². The molecule has 228 valence electrons. The highest BCUT2D eigenvalue weighted by Gasteiger charge is 2.64. The van der Waals surface area contributed by atoms with Crippen LogP contribution >= 0.6 is 23.2 Å². The molecule has 0 aromatic heterocycles. The maximum atomic E-state index is 14.3. The van der Waals surface area contributed by atoms with Crippen molar-refractivity contribution < 1.29 is 53.9 Å². The van der Waals surface area contributed by atoms with Crippen LogP contribution in [0.3, 0.4) is 0 Å². The topological polar surface area (TPSA) is 79.8 Å². The molecular formula is C25H18Cl2F9N3O3. The third-order valence-electron chi connectivity index (χ3n) is 6.87. The van der Waals surface area contributed by atoms with Crippen molar-refractivity contribution in [3.63, 3.8) is 0 Å². The predicted molar refractivity (Wildman–Crippen MR) is 131 cm³/mol. The molecule has 17 heteroatoms. The highest BCUT2D eigenvalue weighted by Crippen LogP contribution is 2.52. The van der Waals surface area contributed by atoms with Gasteiger partial charge in [-0.3, -0.25) is 9.59 Å². The predicted octanol–water partition coefficient (Wildman–Crippen LogP) is 6.84. The first-order valence-electron chi connectivity index (χ1n) is 11.9. The number of aryl methyl sites for hydroxylation is 1. The summed E-state index contributed by atoms with van der Waals surface area (Å²) in [6.45, 7) is 0.624. The Morgan fingerprint density at radius 3 is 2.14 bits per heavy atom. The van der Waals surface area contributed by atoms with E-state index < -0.39 is 75.6 Å². The Kier molecular flexibility index (Phi) is 7.94. The molecule has 4 rings (SSSR count). The highest BCUT2D eigenvalue weighted by molar-refractivity contribution is 6.42. The summed E-state index contributed by atoms with van der Waals surface area (Å²) < 4.78 is 122. The molecule has 0 radical (unpaired) electrons. The Balaban J connectivity index is 1.52. The largest absolute Gasteiger partial charge is 0.435 e. The van der Waals surface area contributed by atoms with Gasteiger partial charge in [-0.2, -0.15) is 39.5 Å². The average molecular weight is 650 g/mol. The number of carbonyl (C=O) groups excluding carboxylic acids is 2. The van der Waals surface area contributed by atoms with Crippen LogP contribution in [-0.2, 0) is 21.4 Å². The van der Waals surface area contributed by atoms with E-state index in [2.05, 4.69) is 10.5 Å². The molecule has 0 spiro atoms. The van der Waals surface area contributed by atoms with E-state index in [1.807, 2.05) is 5.32 Å².